The normalized spacial score (nSPS) is 12.9. The maximum Gasteiger partial charge on any atom is 0.306 e. The molecule has 0 heterocycles. The number of ether oxygens (including phenoxy) is 4. The lowest BCUT2D eigenvalue weighted by Crippen LogP contribution is -2.44. The lowest BCUT2D eigenvalue weighted by Gasteiger charge is -2.26. The first-order valence-electron chi connectivity index (χ1n) is 31.1. The van der Waals surface area contributed by atoms with E-state index < -0.39 is 24.3 Å². The van der Waals surface area contributed by atoms with Crippen LogP contribution < -0.4 is 5.11 Å². The third kappa shape index (κ3) is 57.1. The number of quaternary nitrogens is 1. The summed E-state index contributed by atoms with van der Waals surface area (Å²) in [7, 11) is 5.92. The molecule has 2 atom stereocenters. The van der Waals surface area contributed by atoms with Crippen molar-refractivity contribution in [3.8, 4) is 0 Å². The fourth-order valence-corrected chi connectivity index (χ4v) is 9.03. The van der Waals surface area contributed by atoms with E-state index in [4.69, 9.17) is 18.9 Å². The molecule has 0 amide bonds. The van der Waals surface area contributed by atoms with Gasteiger partial charge in [-0.3, -0.25) is 9.59 Å². The minimum Gasteiger partial charge on any atom is -0.545 e. The number of carbonyl (C=O) groups is 3. The Morgan fingerprint density at radius 2 is 0.740 bits per heavy atom. The Kier molecular flexibility index (Phi) is 53.8. The lowest BCUT2D eigenvalue weighted by molar-refractivity contribution is -0.870. The summed E-state index contributed by atoms with van der Waals surface area (Å²) in [5.74, 6) is -2.29. The Bertz CT molecular complexity index is 1290. The first-order chi connectivity index (χ1) is 35.6. The predicted octanol–water partition coefficient (Wildman–Crippen LogP) is 17.1. The number of carboxylic acid groups (broad SMARTS) is 1. The van der Waals surface area contributed by atoms with Crippen LogP contribution >= 0.6 is 0 Å². The molecule has 73 heavy (non-hydrogen) atoms. The lowest BCUT2D eigenvalue weighted by atomic mass is 10.0. The van der Waals surface area contributed by atoms with Gasteiger partial charge in [-0.15, -0.1) is 0 Å². The molecule has 9 nitrogen and oxygen atoms in total. The molecule has 0 rings (SSSR count). The van der Waals surface area contributed by atoms with E-state index in [0.29, 0.717) is 23.9 Å². The molecule has 0 radical (unpaired) electrons. The number of nitrogens with zero attached hydrogens (tertiary/aromatic N) is 1. The van der Waals surface area contributed by atoms with Gasteiger partial charge in [0.15, 0.2) is 12.4 Å². The van der Waals surface area contributed by atoms with E-state index in [2.05, 4.69) is 50.3 Å². The third-order valence-corrected chi connectivity index (χ3v) is 13.9. The smallest absolute Gasteiger partial charge is 0.306 e. The highest BCUT2D eigenvalue weighted by molar-refractivity contribution is 5.70. The van der Waals surface area contributed by atoms with Gasteiger partial charge in [-0.05, 0) is 70.6 Å². The molecule has 2 unspecified atom stereocenters. The van der Waals surface area contributed by atoms with Crippen LogP contribution in [0.2, 0.25) is 0 Å². The van der Waals surface area contributed by atoms with E-state index in [9.17, 15) is 19.5 Å². The van der Waals surface area contributed by atoms with E-state index in [1.807, 2.05) is 21.1 Å². The molecule has 0 aliphatic rings. The maximum absolute atomic E-state index is 12.8. The molecule has 0 aromatic heterocycles. The van der Waals surface area contributed by atoms with Crippen LogP contribution in [0, 0.1) is 0 Å². The monoisotopic (exact) mass is 1030 g/mol. The second-order valence-electron chi connectivity index (χ2n) is 22.3. The molecule has 428 valence electrons. The highest BCUT2D eigenvalue weighted by atomic mass is 16.7. The molecule has 0 bridgehead atoms. The maximum atomic E-state index is 12.8. The van der Waals surface area contributed by atoms with Crippen LogP contribution in [-0.4, -0.2) is 82.3 Å². The molecule has 0 N–H and O–H groups in total. The van der Waals surface area contributed by atoms with Crippen LogP contribution in [0.5, 0.6) is 0 Å². The Hall–Kier alpha value is -2.49. The molecule has 0 fully saturated rings. The zero-order chi connectivity index (χ0) is 53.4. The van der Waals surface area contributed by atoms with Crippen molar-refractivity contribution in [2.24, 2.45) is 0 Å². The summed E-state index contributed by atoms with van der Waals surface area (Å²) < 4.78 is 22.7. The molecule has 0 spiro atoms. The number of hydrogen-bond acceptors (Lipinski definition) is 8. The van der Waals surface area contributed by atoms with E-state index in [0.717, 1.165) is 57.8 Å². The van der Waals surface area contributed by atoms with Crippen molar-refractivity contribution < 1.29 is 42.9 Å². The Labute approximate surface area is 451 Å². The van der Waals surface area contributed by atoms with Crippen LogP contribution in [0.3, 0.4) is 0 Å². The fraction of sp³-hybridized carbons (Fsp3) is 0.859. The number of carbonyl (C=O) groups excluding carboxylic acids is 3. The number of carboxylic acids is 1. The molecule has 0 aromatic rings. The van der Waals surface area contributed by atoms with Crippen molar-refractivity contribution >= 4 is 17.9 Å². The van der Waals surface area contributed by atoms with Gasteiger partial charge in [0.25, 0.3) is 0 Å². The summed E-state index contributed by atoms with van der Waals surface area (Å²) >= 11 is 0. The van der Waals surface area contributed by atoms with Gasteiger partial charge >= 0.3 is 11.9 Å². The number of unbranched alkanes of at least 4 members (excludes halogenated alkanes) is 37. The SMILES string of the molecule is CCCCC/C=C\C/C=C\CCCCCCCC(=O)OC(COC(=O)CCCCCCCCCCCCCCCCCCCCCCC/C=C\CCCCCCCCCC)COC(OCC[N+](C)(C)C)C(=O)[O-]. The first-order valence-corrected chi connectivity index (χ1v) is 31.1. The highest BCUT2D eigenvalue weighted by Gasteiger charge is 2.22. The topological polar surface area (TPSA) is 111 Å². The Morgan fingerprint density at radius 3 is 1.12 bits per heavy atom. The standard InChI is InChI=1S/C64H119NO8/c1-6-8-10-12-14-16-18-20-22-23-24-25-26-27-28-29-30-31-32-33-34-35-36-37-38-39-41-42-44-46-48-50-52-54-61(66)71-58-60(59-72-64(63(68)69)70-57-56-65(3,4)5)73-62(67)55-53-51-49-47-45-43-40-21-19-17-15-13-11-9-7-2/h15,17,21,23-24,40,60,64H,6-14,16,18-20,22,25-39,41-59H2,1-5H3/b17-15-,24-23-,40-21-. The van der Waals surface area contributed by atoms with Crippen molar-refractivity contribution in [2.75, 3.05) is 47.5 Å². The number of esters is 2. The number of hydrogen-bond donors (Lipinski definition) is 0. The second kappa shape index (κ2) is 55.7. The molecular weight excluding hydrogens is 911 g/mol. The zero-order valence-electron chi connectivity index (χ0n) is 48.8. The van der Waals surface area contributed by atoms with Gasteiger partial charge < -0.3 is 33.3 Å². The largest absolute Gasteiger partial charge is 0.545 e. The fourth-order valence-electron chi connectivity index (χ4n) is 9.03. The van der Waals surface area contributed by atoms with Gasteiger partial charge in [0.2, 0.25) is 0 Å². The van der Waals surface area contributed by atoms with Crippen molar-refractivity contribution in [3.05, 3.63) is 36.5 Å². The zero-order valence-corrected chi connectivity index (χ0v) is 48.8. The third-order valence-electron chi connectivity index (χ3n) is 13.9. The van der Waals surface area contributed by atoms with E-state index in [1.54, 1.807) is 0 Å². The van der Waals surface area contributed by atoms with E-state index >= 15 is 0 Å². The average molecular weight is 1030 g/mol. The molecule has 0 aromatic carbocycles. The van der Waals surface area contributed by atoms with Crippen LogP contribution in [0.4, 0.5) is 0 Å². The summed E-state index contributed by atoms with van der Waals surface area (Å²) in [4.78, 5) is 37.3. The first kappa shape index (κ1) is 70.5. The minimum absolute atomic E-state index is 0.146. The second-order valence-corrected chi connectivity index (χ2v) is 22.3. The summed E-state index contributed by atoms with van der Waals surface area (Å²) in [6.07, 6.45) is 65.1. The van der Waals surface area contributed by atoms with Crippen LogP contribution in [-0.2, 0) is 33.3 Å². The predicted molar refractivity (Wildman–Crippen MR) is 306 cm³/mol. The summed E-state index contributed by atoms with van der Waals surface area (Å²) in [5.41, 5.74) is 0. The van der Waals surface area contributed by atoms with E-state index in [-0.39, 0.29) is 32.2 Å². The average Bonchev–Trinajstić information content (AvgIpc) is 3.36. The van der Waals surface area contributed by atoms with Gasteiger partial charge in [-0.1, -0.05) is 249 Å². The van der Waals surface area contributed by atoms with Gasteiger partial charge in [-0.2, -0.15) is 0 Å². The summed E-state index contributed by atoms with van der Waals surface area (Å²) in [5, 5.41) is 11.8. The molecular formula is C64H119NO8. The van der Waals surface area contributed by atoms with E-state index in [1.165, 1.54) is 205 Å². The Balaban J connectivity index is 4.03. The quantitative estimate of drug-likeness (QED) is 0.0195. The van der Waals surface area contributed by atoms with Crippen molar-refractivity contribution in [1.29, 1.82) is 0 Å². The number of rotatable bonds is 58. The summed E-state index contributed by atoms with van der Waals surface area (Å²) in [6, 6.07) is 0. The van der Waals surface area contributed by atoms with Gasteiger partial charge in [0, 0.05) is 12.8 Å². The molecule has 0 aliphatic heterocycles. The minimum atomic E-state index is -1.62. The van der Waals surface area contributed by atoms with Crippen LogP contribution in [0.1, 0.15) is 296 Å². The van der Waals surface area contributed by atoms with Crippen LogP contribution in [0.25, 0.3) is 0 Å². The number of allylic oxidation sites excluding steroid dienone is 6. The molecule has 0 saturated heterocycles. The van der Waals surface area contributed by atoms with Gasteiger partial charge in [0.1, 0.15) is 13.2 Å². The number of likely N-dealkylation sites (N-methyl/N-ethyl adjacent to an activating group) is 1. The molecule has 0 saturated carbocycles. The van der Waals surface area contributed by atoms with Crippen LogP contribution in [0.15, 0.2) is 36.5 Å². The Morgan fingerprint density at radius 1 is 0.411 bits per heavy atom. The van der Waals surface area contributed by atoms with Gasteiger partial charge in [0.05, 0.1) is 40.3 Å². The van der Waals surface area contributed by atoms with Crippen molar-refractivity contribution in [3.63, 3.8) is 0 Å². The molecule has 0 aliphatic carbocycles. The molecule has 9 heteroatoms. The van der Waals surface area contributed by atoms with Crippen molar-refractivity contribution in [2.45, 2.75) is 309 Å². The summed E-state index contributed by atoms with van der Waals surface area (Å²) in [6.45, 7) is 4.74. The van der Waals surface area contributed by atoms with Crippen molar-refractivity contribution in [1.82, 2.24) is 0 Å². The number of aliphatic carboxylic acids is 1. The highest BCUT2D eigenvalue weighted by Crippen LogP contribution is 2.17. The van der Waals surface area contributed by atoms with Gasteiger partial charge in [-0.25, -0.2) is 0 Å².